The average molecular weight is 491 g/mol. The molecule has 1 aliphatic heterocycles. The summed E-state index contributed by atoms with van der Waals surface area (Å²) in [7, 11) is 0. The second kappa shape index (κ2) is 9.23. The van der Waals surface area contributed by atoms with E-state index in [-0.39, 0.29) is 12.1 Å². The van der Waals surface area contributed by atoms with Crippen LogP contribution in [0.5, 0.6) is 11.5 Å². The van der Waals surface area contributed by atoms with Crippen LogP contribution >= 0.6 is 11.6 Å². The zero-order chi connectivity index (χ0) is 24.6. The van der Waals surface area contributed by atoms with Crippen LogP contribution in [0.1, 0.15) is 33.2 Å². The molecule has 0 N–H and O–H groups in total. The van der Waals surface area contributed by atoms with Gasteiger partial charge in [-0.25, -0.2) is 14.8 Å². The minimum atomic E-state index is -0.528. The summed E-state index contributed by atoms with van der Waals surface area (Å²) >= 11 is 6.55. The third-order valence-corrected chi connectivity index (χ3v) is 6.20. The molecule has 1 saturated heterocycles. The molecule has 4 aromatic rings. The second-order valence-corrected chi connectivity index (χ2v) is 9.98. The fourth-order valence-corrected chi connectivity index (χ4v) is 4.56. The molecule has 7 nitrogen and oxygen atoms in total. The number of fused-ring (bicyclic) bond motifs is 1. The highest BCUT2D eigenvalue weighted by atomic mass is 35.5. The van der Waals surface area contributed by atoms with Crippen LogP contribution in [-0.2, 0) is 4.74 Å². The highest BCUT2D eigenvalue weighted by Gasteiger charge is 2.32. The Balaban J connectivity index is 1.43. The third kappa shape index (κ3) is 4.95. The molecule has 1 amide bonds. The average Bonchev–Trinajstić information content (AvgIpc) is 3.45. The van der Waals surface area contributed by atoms with E-state index in [0.717, 1.165) is 40.1 Å². The molecule has 1 aliphatic rings. The van der Waals surface area contributed by atoms with Crippen LogP contribution in [-0.4, -0.2) is 44.2 Å². The number of hydrogen-bond donors (Lipinski definition) is 0. The molecule has 0 aliphatic carbocycles. The van der Waals surface area contributed by atoms with Crippen LogP contribution in [0.2, 0.25) is 5.15 Å². The Morgan fingerprint density at radius 2 is 1.74 bits per heavy atom. The molecule has 3 heterocycles. The maximum atomic E-state index is 12.6. The van der Waals surface area contributed by atoms with E-state index in [1.165, 1.54) is 6.33 Å². The van der Waals surface area contributed by atoms with Crippen molar-refractivity contribution in [2.75, 3.05) is 13.1 Å². The van der Waals surface area contributed by atoms with Gasteiger partial charge in [-0.15, -0.1) is 0 Å². The van der Waals surface area contributed by atoms with Crippen molar-refractivity contribution in [1.82, 2.24) is 19.4 Å². The second-order valence-electron chi connectivity index (χ2n) is 9.62. The number of rotatable bonds is 4. The lowest BCUT2D eigenvalue weighted by Gasteiger charge is -2.24. The molecular formula is C27H27ClN4O3. The molecule has 180 valence electrons. The highest BCUT2D eigenvalue weighted by Crippen LogP contribution is 2.38. The summed E-state index contributed by atoms with van der Waals surface area (Å²) < 4.78 is 13.6. The van der Waals surface area contributed by atoms with Gasteiger partial charge in [-0.2, -0.15) is 0 Å². The molecule has 0 unspecified atom stereocenters. The van der Waals surface area contributed by atoms with Crippen molar-refractivity contribution >= 4 is 28.7 Å². The standard InChI is InChI=1S/C27H27ClN4O3/c1-27(2,3)35-26(33)31-14-13-19(15-31)32-16-22(23-24(28)29-17-30-25(23)32)18-9-11-21(12-10-18)34-20-7-5-4-6-8-20/h4-12,16-17,19H,13-15H2,1-3H3/t19-/m1/s1. The Morgan fingerprint density at radius 1 is 1.03 bits per heavy atom. The van der Waals surface area contributed by atoms with E-state index in [1.807, 2.05) is 75.4 Å². The summed E-state index contributed by atoms with van der Waals surface area (Å²) in [4.78, 5) is 23.1. The highest BCUT2D eigenvalue weighted by molar-refractivity contribution is 6.35. The number of para-hydroxylation sites is 1. The van der Waals surface area contributed by atoms with Gasteiger partial charge < -0.3 is 18.9 Å². The molecule has 0 radical (unpaired) electrons. The first kappa shape index (κ1) is 23.2. The zero-order valence-corrected chi connectivity index (χ0v) is 20.7. The Kier molecular flexibility index (Phi) is 6.11. The summed E-state index contributed by atoms with van der Waals surface area (Å²) in [5.74, 6) is 1.53. The maximum absolute atomic E-state index is 12.6. The van der Waals surface area contributed by atoms with Crippen molar-refractivity contribution in [3.8, 4) is 22.6 Å². The van der Waals surface area contributed by atoms with E-state index in [2.05, 4.69) is 20.7 Å². The molecule has 2 aromatic carbocycles. The van der Waals surface area contributed by atoms with E-state index < -0.39 is 5.60 Å². The smallest absolute Gasteiger partial charge is 0.410 e. The summed E-state index contributed by atoms with van der Waals surface area (Å²) in [6, 6.07) is 17.6. The number of aromatic nitrogens is 3. The molecule has 35 heavy (non-hydrogen) atoms. The molecule has 1 atom stereocenters. The minimum Gasteiger partial charge on any atom is -0.457 e. The predicted molar refractivity (Wildman–Crippen MR) is 136 cm³/mol. The zero-order valence-electron chi connectivity index (χ0n) is 19.9. The summed E-state index contributed by atoms with van der Waals surface area (Å²) in [6.45, 7) is 6.79. The minimum absolute atomic E-state index is 0.0606. The topological polar surface area (TPSA) is 69.5 Å². The lowest BCUT2D eigenvalue weighted by Crippen LogP contribution is -2.35. The maximum Gasteiger partial charge on any atom is 0.410 e. The van der Waals surface area contributed by atoms with Gasteiger partial charge in [0.2, 0.25) is 0 Å². The first-order valence-electron chi connectivity index (χ1n) is 11.6. The first-order chi connectivity index (χ1) is 16.8. The number of amides is 1. The van der Waals surface area contributed by atoms with E-state index >= 15 is 0 Å². The van der Waals surface area contributed by atoms with Crippen molar-refractivity contribution in [2.45, 2.75) is 38.8 Å². The lowest BCUT2D eigenvalue weighted by molar-refractivity contribution is 0.0289. The van der Waals surface area contributed by atoms with Gasteiger partial charge in [-0.3, -0.25) is 0 Å². The summed E-state index contributed by atoms with van der Waals surface area (Å²) in [5.41, 5.74) is 2.14. The van der Waals surface area contributed by atoms with Crippen LogP contribution in [0.4, 0.5) is 4.79 Å². The van der Waals surface area contributed by atoms with Crippen LogP contribution in [0, 0.1) is 0 Å². The van der Waals surface area contributed by atoms with Crippen molar-refractivity contribution in [2.24, 2.45) is 0 Å². The van der Waals surface area contributed by atoms with Crippen LogP contribution in [0.15, 0.2) is 67.1 Å². The van der Waals surface area contributed by atoms with Gasteiger partial charge >= 0.3 is 6.09 Å². The number of ether oxygens (including phenoxy) is 2. The number of benzene rings is 2. The van der Waals surface area contributed by atoms with Crippen LogP contribution in [0.3, 0.4) is 0 Å². The quantitative estimate of drug-likeness (QED) is 0.297. The number of halogens is 1. The van der Waals surface area contributed by atoms with Crippen molar-refractivity contribution in [3.63, 3.8) is 0 Å². The molecule has 5 rings (SSSR count). The fourth-order valence-electron chi connectivity index (χ4n) is 4.33. The third-order valence-electron chi connectivity index (χ3n) is 5.92. The van der Waals surface area contributed by atoms with Gasteiger partial charge in [0.15, 0.2) is 0 Å². The van der Waals surface area contributed by atoms with Crippen LogP contribution in [0.25, 0.3) is 22.2 Å². The van der Waals surface area contributed by atoms with Gasteiger partial charge in [-0.05, 0) is 57.0 Å². The van der Waals surface area contributed by atoms with Gasteiger partial charge in [0.05, 0.1) is 11.4 Å². The number of carbonyl (C=O) groups is 1. The largest absolute Gasteiger partial charge is 0.457 e. The summed E-state index contributed by atoms with van der Waals surface area (Å²) in [6.07, 6.45) is 4.04. The first-order valence-corrected chi connectivity index (χ1v) is 12.0. The number of likely N-dealkylation sites (tertiary alicyclic amines) is 1. The summed E-state index contributed by atoms with van der Waals surface area (Å²) in [5, 5.41) is 1.19. The Bertz CT molecular complexity index is 1350. The van der Waals surface area contributed by atoms with E-state index in [0.29, 0.717) is 18.2 Å². The molecule has 0 saturated carbocycles. The number of carbonyl (C=O) groups excluding carboxylic acids is 1. The number of hydrogen-bond acceptors (Lipinski definition) is 5. The molecule has 1 fully saturated rings. The Hall–Kier alpha value is -3.58. The molecule has 8 heteroatoms. The van der Waals surface area contributed by atoms with E-state index in [9.17, 15) is 4.79 Å². The monoisotopic (exact) mass is 490 g/mol. The molecule has 0 spiro atoms. The van der Waals surface area contributed by atoms with Crippen molar-refractivity contribution in [1.29, 1.82) is 0 Å². The fraction of sp³-hybridized carbons (Fsp3) is 0.296. The molecular weight excluding hydrogens is 464 g/mol. The predicted octanol–water partition coefficient (Wildman–Crippen LogP) is 6.73. The lowest BCUT2D eigenvalue weighted by atomic mass is 10.1. The Morgan fingerprint density at radius 3 is 2.46 bits per heavy atom. The van der Waals surface area contributed by atoms with Gasteiger partial charge in [0, 0.05) is 24.8 Å². The number of nitrogens with zero attached hydrogens (tertiary/aromatic N) is 4. The van der Waals surface area contributed by atoms with E-state index in [4.69, 9.17) is 21.1 Å². The van der Waals surface area contributed by atoms with Gasteiger partial charge in [-0.1, -0.05) is 41.9 Å². The normalized spacial score (nSPS) is 16.0. The van der Waals surface area contributed by atoms with Gasteiger partial charge in [0.25, 0.3) is 0 Å². The Labute approximate surface area is 209 Å². The SMILES string of the molecule is CC(C)(C)OC(=O)N1CC[C@@H](n2cc(-c3ccc(Oc4ccccc4)cc3)c3c(Cl)ncnc32)C1. The van der Waals surface area contributed by atoms with E-state index in [1.54, 1.807) is 4.90 Å². The molecule has 2 aromatic heterocycles. The molecule has 0 bridgehead atoms. The van der Waals surface area contributed by atoms with Crippen LogP contribution < -0.4 is 4.74 Å². The van der Waals surface area contributed by atoms with Crippen molar-refractivity contribution in [3.05, 3.63) is 72.3 Å². The van der Waals surface area contributed by atoms with Crippen molar-refractivity contribution < 1.29 is 14.3 Å². The van der Waals surface area contributed by atoms with Gasteiger partial charge in [0.1, 0.15) is 34.2 Å².